The monoisotopic (exact) mass is 420 g/mol. The van der Waals surface area contributed by atoms with Crippen LogP contribution in [-0.4, -0.2) is 36.1 Å². The van der Waals surface area contributed by atoms with E-state index in [1.165, 1.54) is 22.4 Å². The molecule has 0 amide bonds. The second-order valence-electron chi connectivity index (χ2n) is 7.32. The van der Waals surface area contributed by atoms with E-state index in [-0.39, 0.29) is 0 Å². The Morgan fingerprint density at radius 1 is 0.897 bits per heavy atom. The van der Waals surface area contributed by atoms with Crippen molar-refractivity contribution in [3.8, 4) is 11.1 Å². The number of rotatable bonds is 3. The summed E-state index contributed by atoms with van der Waals surface area (Å²) in [4.78, 5) is 14.9. The van der Waals surface area contributed by atoms with E-state index in [9.17, 15) is 0 Å². The Morgan fingerprint density at radius 3 is 2.41 bits per heavy atom. The number of piperazine rings is 1. The van der Waals surface area contributed by atoms with Crippen LogP contribution < -0.4 is 9.80 Å². The molecule has 1 fully saturated rings. The van der Waals surface area contributed by atoms with E-state index < -0.39 is 0 Å². The van der Waals surface area contributed by atoms with Crippen LogP contribution in [-0.2, 0) is 0 Å². The Balaban J connectivity index is 1.48. The molecule has 1 aliphatic rings. The van der Waals surface area contributed by atoms with Crippen LogP contribution in [0.4, 0.5) is 11.5 Å². The number of halogens is 1. The maximum absolute atomic E-state index is 6.29. The summed E-state index contributed by atoms with van der Waals surface area (Å²) < 4.78 is 0. The number of hydrogen-bond acceptors (Lipinski definition) is 5. The highest BCUT2D eigenvalue weighted by molar-refractivity contribution is 7.17. The van der Waals surface area contributed by atoms with Crippen LogP contribution in [0.1, 0.15) is 5.56 Å². The summed E-state index contributed by atoms with van der Waals surface area (Å²) in [6.07, 6.45) is 0. The van der Waals surface area contributed by atoms with Gasteiger partial charge in [-0.05, 0) is 41.8 Å². The van der Waals surface area contributed by atoms with E-state index in [0.717, 1.165) is 42.2 Å². The average Bonchev–Trinajstić information content (AvgIpc) is 3.18. The van der Waals surface area contributed by atoms with E-state index >= 15 is 0 Å². The molecule has 6 heteroatoms. The lowest BCUT2D eigenvalue weighted by Crippen LogP contribution is -2.47. The third-order valence-electron chi connectivity index (χ3n) is 5.42. The normalized spacial score (nSPS) is 14.6. The number of hydrogen-bond donors (Lipinski definition) is 0. The zero-order valence-corrected chi connectivity index (χ0v) is 17.7. The Morgan fingerprint density at radius 2 is 1.66 bits per heavy atom. The molecule has 0 saturated carbocycles. The molecule has 146 valence electrons. The maximum atomic E-state index is 6.29. The average molecular weight is 421 g/mol. The summed E-state index contributed by atoms with van der Waals surface area (Å²) in [6.45, 7) is 5.86. The SMILES string of the molecule is Cc1cccc(N2CCN(c3nc(Cl)nc4scc(-c5ccccc5)c34)CC2)c1. The first-order valence-electron chi connectivity index (χ1n) is 9.76. The highest BCUT2D eigenvalue weighted by Gasteiger charge is 2.23. The van der Waals surface area contributed by atoms with Gasteiger partial charge in [-0.15, -0.1) is 11.3 Å². The first-order chi connectivity index (χ1) is 14.2. The molecule has 1 saturated heterocycles. The third kappa shape index (κ3) is 3.56. The van der Waals surface area contributed by atoms with Crippen LogP contribution in [0.3, 0.4) is 0 Å². The molecule has 0 radical (unpaired) electrons. The minimum atomic E-state index is 0.315. The maximum Gasteiger partial charge on any atom is 0.225 e. The molecule has 29 heavy (non-hydrogen) atoms. The number of anilines is 2. The number of aryl methyl sites for hydroxylation is 1. The molecule has 3 heterocycles. The third-order valence-corrected chi connectivity index (χ3v) is 6.46. The highest BCUT2D eigenvalue weighted by atomic mass is 35.5. The Labute approximate surface area is 179 Å². The quantitative estimate of drug-likeness (QED) is 0.401. The Hall–Kier alpha value is -2.63. The van der Waals surface area contributed by atoms with Gasteiger partial charge in [-0.1, -0.05) is 42.5 Å². The first kappa shape index (κ1) is 18.4. The first-order valence-corrected chi connectivity index (χ1v) is 11.0. The summed E-state index contributed by atoms with van der Waals surface area (Å²) in [5.74, 6) is 0.948. The van der Waals surface area contributed by atoms with Crippen molar-refractivity contribution in [1.29, 1.82) is 0 Å². The lowest BCUT2D eigenvalue weighted by Gasteiger charge is -2.37. The summed E-state index contributed by atoms with van der Waals surface area (Å²) in [5.41, 5.74) is 4.94. The second kappa shape index (κ2) is 7.65. The van der Waals surface area contributed by atoms with Gasteiger partial charge in [0.1, 0.15) is 10.6 Å². The molecule has 0 N–H and O–H groups in total. The molecule has 2 aromatic carbocycles. The predicted octanol–water partition coefficient (Wildman–Crippen LogP) is 5.65. The molecule has 0 spiro atoms. The molecular weight excluding hydrogens is 400 g/mol. The van der Waals surface area contributed by atoms with Crippen molar-refractivity contribution in [3.05, 3.63) is 70.8 Å². The van der Waals surface area contributed by atoms with Gasteiger partial charge in [0.25, 0.3) is 0 Å². The van der Waals surface area contributed by atoms with Crippen molar-refractivity contribution in [1.82, 2.24) is 9.97 Å². The molecule has 5 rings (SSSR count). The van der Waals surface area contributed by atoms with Crippen molar-refractivity contribution < 1.29 is 0 Å². The Bertz CT molecular complexity index is 1150. The van der Waals surface area contributed by atoms with E-state index in [4.69, 9.17) is 11.6 Å². The van der Waals surface area contributed by atoms with Gasteiger partial charge < -0.3 is 9.80 Å². The fourth-order valence-corrected chi connectivity index (χ4v) is 5.11. The summed E-state index contributed by atoms with van der Waals surface area (Å²) in [5, 5.41) is 3.59. The van der Waals surface area contributed by atoms with Crippen molar-refractivity contribution >= 4 is 44.7 Å². The van der Waals surface area contributed by atoms with Crippen LogP contribution in [0.5, 0.6) is 0 Å². The largest absolute Gasteiger partial charge is 0.368 e. The molecule has 0 unspecified atom stereocenters. The van der Waals surface area contributed by atoms with E-state index in [1.54, 1.807) is 11.3 Å². The molecule has 4 aromatic rings. The Kier molecular flexibility index (Phi) is 4.86. The smallest absolute Gasteiger partial charge is 0.225 e. The molecule has 0 bridgehead atoms. The minimum Gasteiger partial charge on any atom is -0.368 e. The zero-order chi connectivity index (χ0) is 19.8. The van der Waals surface area contributed by atoms with Crippen LogP contribution >= 0.6 is 22.9 Å². The van der Waals surface area contributed by atoms with E-state index in [2.05, 4.69) is 80.6 Å². The zero-order valence-electron chi connectivity index (χ0n) is 16.2. The number of thiophene rings is 1. The molecule has 0 atom stereocenters. The van der Waals surface area contributed by atoms with Crippen LogP contribution in [0, 0.1) is 6.92 Å². The number of benzene rings is 2. The van der Waals surface area contributed by atoms with Crippen LogP contribution in [0.2, 0.25) is 5.28 Å². The van der Waals surface area contributed by atoms with Crippen molar-refractivity contribution in [3.63, 3.8) is 0 Å². The van der Waals surface area contributed by atoms with Crippen molar-refractivity contribution in [2.24, 2.45) is 0 Å². The van der Waals surface area contributed by atoms with Crippen LogP contribution in [0.15, 0.2) is 60.0 Å². The summed E-state index contributed by atoms with van der Waals surface area (Å²) >= 11 is 7.92. The lowest BCUT2D eigenvalue weighted by atomic mass is 10.1. The van der Waals surface area contributed by atoms with Gasteiger partial charge in [0.05, 0.1) is 5.39 Å². The van der Waals surface area contributed by atoms with Crippen LogP contribution in [0.25, 0.3) is 21.3 Å². The number of nitrogens with zero attached hydrogens (tertiary/aromatic N) is 4. The number of aromatic nitrogens is 2. The van der Waals surface area contributed by atoms with Gasteiger partial charge in [0.2, 0.25) is 5.28 Å². The molecular formula is C23H21ClN4S. The summed E-state index contributed by atoms with van der Waals surface area (Å²) in [6, 6.07) is 19.1. The number of fused-ring (bicyclic) bond motifs is 1. The van der Waals surface area contributed by atoms with Gasteiger partial charge in [-0.3, -0.25) is 0 Å². The highest BCUT2D eigenvalue weighted by Crippen LogP contribution is 2.39. The van der Waals surface area contributed by atoms with Gasteiger partial charge in [-0.25, -0.2) is 4.98 Å². The lowest BCUT2D eigenvalue weighted by molar-refractivity contribution is 0.649. The van der Waals surface area contributed by atoms with Gasteiger partial charge >= 0.3 is 0 Å². The van der Waals surface area contributed by atoms with Crippen molar-refractivity contribution in [2.45, 2.75) is 6.92 Å². The van der Waals surface area contributed by atoms with E-state index in [1.807, 2.05) is 6.07 Å². The van der Waals surface area contributed by atoms with Gasteiger partial charge in [0, 0.05) is 42.8 Å². The van der Waals surface area contributed by atoms with Crippen molar-refractivity contribution in [2.75, 3.05) is 36.0 Å². The minimum absolute atomic E-state index is 0.315. The molecule has 2 aromatic heterocycles. The fraction of sp³-hybridized carbons (Fsp3) is 0.217. The predicted molar refractivity (Wildman–Crippen MR) is 123 cm³/mol. The van der Waals surface area contributed by atoms with Gasteiger partial charge in [-0.2, -0.15) is 4.98 Å². The molecule has 1 aliphatic heterocycles. The molecule has 0 aliphatic carbocycles. The summed E-state index contributed by atoms with van der Waals surface area (Å²) in [7, 11) is 0. The fourth-order valence-electron chi connectivity index (χ4n) is 3.96. The van der Waals surface area contributed by atoms with E-state index in [0.29, 0.717) is 5.28 Å². The standard InChI is InChI=1S/C23H21ClN4S/c1-16-6-5-9-18(14-16)27-10-12-28(13-11-27)21-20-19(17-7-3-2-4-8-17)15-29-22(20)26-23(24)25-21/h2-9,14-15H,10-13H2,1H3. The molecule has 4 nitrogen and oxygen atoms in total. The van der Waals surface area contributed by atoms with Gasteiger partial charge in [0.15, 0.2) is 0 Å². The second-order valence-corrected chi connectivity index (χ2v) is 8.52. The topological polar surface area (TPSA) is 32.3 Å².